The number of benzene rings is 1. The molecule has 2 atom stereocenters. The van der Waals surface area contributed by atoms with E-state index in [1.807, 2.05) is 49.9 Å². The van der Waals surface area contributed by atoms with Crippen molar-refractivity contribution in [1.29, 1.82) is 0 Å². The fourth-order valence-electron chi connectivity index (χ4n) is 2.42. The third kappa shape index (κ3) is 4.93. The van der Waals surface area contributed by atoms with Crippen molar-refractivity contribution in [2.75, 3.05) is 25.4 Å². The van der Waals surface area contributed by atoms with Crippen molar-refractivity contribution in [3.63, 3.8) is 0 Å². The number of hydrogen-bond donors (Lipinski definition) is 0. The Labute approximate surface area is 130 Å². The Morgan fingerprint density at radius 3 is 2.48 bits per heavy atom. The third-order valence-corrected chi connectivity index (χ3v) is 4.27. The topological polar surface area (TPSA) is 38.8 Å². The fraction of sp³-hybridized carbons (Fsp3) is 0.562. The summed E-state index contributed by atoms with van der Waals surface area (Å²) in [5.41, 5.74) is 0. The van der Waals surface area contributed by atoms with Crippen LogP contribution in [0.2, 0.25) is 0 Å². The first-order chi connectivity index (χ1) is 10.1. The summed E-state index contributed by atoms with van der Waals surface area (Å²) in [6, 6.07) is 7.87. The van der Waals surface area contributed by atoms with Crippen molar-refractivity contribution in [3.8, 4) is 5.75 Å². The predicted molar refractivity (Wildman–Crippen MR) is 84.9 cm³/mol. The number of carbonyl (C=O) groups excluding carboxylic acids is 1. The van der Waals surface area contributed by atoms with Crippen LogP contribution in [0.25, 0.3) is 0 Å². The van der Waals surface area contributed by atoms with Gasteiger partial charge in [-0.25, -0.2) is 0 Å². The van der Waals surface area contributed by atoms with Gasteiger partial charge >= 0.3 is 0 Å². The summed E-state index contributed by atoms with van der Waals surface area (Å²) >= 11 is 1.56. The molecule has 0 radical (unpaired) electrons. The number of amides is 1. The molecular weight excluding hydrogens is 286 g/mol. The Bertz CT molecular complexity index is 453. The molecule has 1 aromatic rings. The van der Waals surface area contributed by atoms with Crippen molar-refractivity contribution < 1.29 is 14.3 Å². The first-order valence-corrected chi connectivity index (χ1v) is 8.36. The van der Waals surface area contributed by atoms with Gasteiger partial charge in [-0.15, -0.1) is 11.8 Å². The van der Waals surface area contributed by atoms with E-state index >= 15 is 0 Å². The highest BCUT2D eigenvalue weighted by molar-refractivity contribution is 8.00. The van der Waals surface area contributed by atoms with Crippen molar-refractivity contribution >= 4 is 17.7 Å². The lowest BCUT2D eigenvalue weighted by Gasteiger charge is -2.35. The summed E-state index contributed by atoms with van der Waals surface area (Å²) in [6.45, 7) is 8.02. The van der Waals surface area contributed by atoms with Crippen molar-refractivity contribution in [2.24, 2.45) is 0 Å². The van der Waals surface area contributed by atoms with Gasteiger partial charge in [-0.2, -0.15) is 0 Å². The van der Waals surface area contributed by atoms with Gasteiger partial charge in [-0.3, -0.25) is 4.79 Å². The van der Waals surface area contributed by atoms with Crippen LogP contribution in [0.3, 0.4) is 0 Å². The van der Waals surface area contributed by atoms with E-state index < -0.39 is 0 Å². The van der Waals surface area contributed by atoms with Gasteiger partial charge < -0.3 is 14.4 Å². The van der Waals surface area contributed by atoms with E-state index in [2.05, 4.69) is 0 Å². The summed E-state index contributed by atoms with van der Waals surface area (Å²) in [7, 11) is 0. The minimum absolute atomic E-state index is 0.119. The molecule has 5 heteroatoms. The van der Waals surface area contributed by atoms with Gasteiger partial charge in [0.25, 0.3) is 0 Å². The van der Waals surface area contributed by atoms with Crippen LogP contribution in [0.5, 0.6) is 5.75 Å². The summed E-state index contributed by atoms with van der Waals surface area (Å²) in [4.78, 5) is 15.2. The lowest BCUT2D eigenvalue weighted by molar-refractivity contribution is -0.140. The summed E-state index contributed by atoms with van der Waals surface area (Å²) in [5.74, 6) is 1.51. The van der Waals surface area contributed by atoms with Crippen molar-refractivity contribution in [1.82, 2.24) is 4.90 Å². The largest absolute Gasteiger partial charge is 0.494 e. The minimum atomic E-state index is 0.119. The molecule has 21 heavy (non-hydrogen) atoms. The van der Waals surface area contributed by atoms with Crippen molar-refractivity contribution in [2.45, 2.75) is 37.9 Å². The molecule has 0 saturated carbocycles. The average Bonchev–Trinajstić information content (AvgIpc) is 2.45. The second kappa shape index (κ2) is 7.71. The maximum atomic E-state index is 12.3. The highest BCUT2D eigenvalue weighted by Crippen LogP contribution is 2.22. The lowest BCUT2D eigenvalue weighted by Crippen LogP contribution is -2.48. The molecule has 116 valence electrons. The van der Waals surface area contributed by atoms with Gasteiger partial charge in [0.2, 0.25) is 5.91 Å². The van der Waals surface area contributed by atoms with Crippen LogP contribution in [-0.2, 0) is 9.53 Å². The minimum Gasteiger partial charge on any atom is -0.494 e. The molecule has 0 bridgehead atoms. The van der Waals surface area contributed by atoms with E-state index in [1.54, 1.807) is 11.8 Å². The Balaban J connectivity index is 1.83. The van der Waals surface area contributed by atoms with Crippen LogP contribution in [-0.4, -0.2) is 48.5 Å². The molecule has 2 rings (SSSR count). The molecule has 1 saturated heterocycles. The molecule has 0 aliphatic carbocycles. The second-order valence-corrected chi connectivity index (χ2v) is 6.30. The molecule has 0 aromatic heterocycles. The van der Waals surface area contributed by atoms with Crippen LogP contribution >= 0.6 is 11.8 Å². The smallest absolute Gasteiger partial charge is 0.233 e. The van der Waals surface area contributed by atoms with E-state index in [0.717, 1.165) is 10.6 Å². The Hall–Kier alpha value is -1.20. The number of thioether (sulfide) groups is 1. The van der Waals surface area contributed by atoms with Gasteiger partial charge in [0.05, 0.1) is 24.6 Å². The van der Waals surface area contributed by atoms with Crippen LogP contribution in [0.4, 0.5) is 0 Å². The quantitative estimate of drug-likeness (QED) is 0.784. The maximum absolute atomic E-state index is 12.3. The Morgan fingerprint density at radius 2 is 1.90 bits per heavy atom. The number of rotatable bonds is 5. The summed E-state index contributed by atoms with van der Waals surface area (Å²) in [6.07, 6.45) is 0.237. The summed E-state index contributed by atoms with van der Waals surface area (Å²) < 4.78 is 11.1. The molecule has 1 fully saturated rings. The number of hydrogen-bond acceptors (Lipinski definition) is 4. The molecule has 0 spiro atoms. The van der Waals surface area contributed by atoms with Crippen LogP contribution < -0.4 is 4.74 Å². The van der Waals surface area contributed by atoms with E-state index in [0.29, 0.717) is 25.4 Å². The molecule has 1 heterocycles. The zero-order valence-electron chi connectivity index (χ0n) is 12.9. The Morgan fingerprint density at radius 1 is 1.29 bits per heavy atom. The average molecular weight is 309 g/mol. The zero-order valence-corrected chi connectivity index (χ0v) is 13.7. The first-order valence-electron chi connectivity index (χ1n) is 7.37. The van der Waals surface area contributed by atoms with Gasteiger partial charge in [-0.05, 0) is 45.0 Å². The predicted octanol–water partition coefficient (Wildman–Crippen LogP) is 2.81. The number of nitrogens with zero attached hydrogens (tertiary/aromatic N) is 1. The van der Waals surface area contributed by atoms with Gasteiger partial charge in [0.1, 0.15) is 5.75 Å². The molecule has 4 nitrogen and oxygen atoms in total. The number of ether oxygens (including phenoxy) is 2. The van der Waals surface area contributed by atoms with Crippen molar-refractivity contribution in [3.05, 3.63) is 24.3 Å². The van der Waals surface area contributed by atoms with Crippen LogP contribution in [0.1, 0.15) is 20.8 Å². The normalized spacial score (nSPS) is 22.1. The SMILES string of the molecule is CCOc1ccc(SCC(=O)N2CC(C)OC(C)C2)cc1. The van der Waals surface area contributed by atoms with E-state index in [4.69, 9.17) is 9.47 Å². The lowest BCUT2D eigenvalue weighted by atomic mass is 10.2. The maximum Gasteiger partial charge on any atom is 0.233 e. The third-order valence-electron chi connectivity index (χ3n) is 3.27. The summed E-state index contributed by atoms with van der Waals surface area (Å²) in [5, 5.41) is 0. The van der Waals surface area contributed by atoms with E-state index in [9.17, 15) is 4.79 Å². The fourth-order valence-corrected chi connectivity index (χ4v) is 3.22. The molecule has 0 N–H and O–H groups in total. The van der Waals surface area contributed by atoms with Gasteiger partial charge in [0, 0.05) is 18.0 Å². The molecule has 1 aromatic carbocycles. The zero-order chi connectivity index (χ0) is 15.2. The van der Waals surface area contributed by atoms with Gasteiger partial charge in [0.15, 0.2) is 0 Å². The van der Waals surface area contributed by atoms with E-state index in [1.165, 1.54) is 0 Å². The molecule has 2 unspecified atom stereocenters. The number of morpholine rings is 1. The monoisotopic (exact) mass is 309 g/mol. The second-order valence-electron chi connectivity index (χ2n) is 5.25. The highest BCUT2D eigenvalue weighted by Gasteiger charge is 2.25. The molecule has 1 amide bonds. The first kappa shape index (κ1) is 16.2. The van der Waals surface area contributed by atoms with Gasteiger partial charge in [-0.1, -0.05) is 0 Å². The molecular formula is C16H23NO3S. The Kier molecular flexibility index (Phi) is 5.94. The molecule has 1 aliphatic rings. The van der Waals surface area contributed by atoms with Crippen LogP contribution in [0, 0.1) is 0 Å². The standard InChI is InChI=1S/C16H23NO3S/c1-4-19-14-5-7-15(8-6-14)21-11-16(18)17-9-12(2)20-13(3)10-17/h5-8,12-13H,4,9-11H2,1-3H3. The number of carbonyl (C=O) groups is 1. The van der Waals surface area contributed by atoms with E-state index in [-0.39, 0.29) is 18.1 Å². The molecule has 1 aliphatic heterocycles. The highest BCUT2D eigenvalue weighted by atomic mass is 32.2. The van der Waals surface area contributed by atoms with Crippen LogP contribution in [0.15, 0.2) is 29.2 Å².